The van der Waals surface area contributed by atoms with E-state index < -0.39 is 0 Å². The fourth-order valence-electron chi connectivity index (χ4n) is 6.56. The normalized spacial score (nSPS) is 18.7. The zero-order valence-electron chi connectivity index (χ0n) is 26.2. The van der Waals surface area contributed by atoms with E-state index in [1.54, 1.807) is 13.3 Å². The number of aryl methyl sites for hydroxylation is 1. The number of carbonyl (C=O) groups is 1. The molecule has 2 saturated heterocycles. The van der Waals surface area contributed by atoms with Crippen molar-refractivity contribution >= 4 is 46.3 Å². The van der Waals surface area contributed by atoms with Crippen LogP contribution in [0.25, 0.3) is 10.9 Å². The Kier molecular flexibility index (Phi) is 8.94. The van der Waals surface area contributed by atoms with Crippen LogP contribution in [0.4, 0.5) is 17.1 Å². The molecule has 4 heterocycles. The van der Waals surface area contributed by atoms with Gasteiger partial charge in [-0.25, -0.2) is 4.99 Å². The van der Waals surface area contributed by atoms with Crippen LogP contribution in [0.2, 0.25) is 0 Å². The van der Waals surface area contributed by atoms with E-state index >= 15 is 0 Å². The first-order chi connectivity index (χ1) is 21.4. The molecule has 0 atom stereocenters. The van der Waals surface area contributed by atoms with Gasteiger partial charge in [0.1, 0.15) is 11.6 Å². The van der Waals surface area contributed by atoms with Crippen LogP contribution >= 0.6 is 0 Å². The van der Waals surface area contributed by atoms with E-state index in [-0.39, 0.29) is 0 Å². The molecule has 0 unspecified atom stereocenters. The fraction of sp³-hybridized carbons (Fsp3) is 0.455. The summed E-state index contributed by atoms with van der Waals surface area (Å²) in [4.78, 5) is 28.6. The molecular weight excluding hydrogens is 554 g/mol. The zero-order valence-corrected chi connectivity index (χ0v) is 26.2. The lowest BCUT2D eigenvalue weighted by Crippen LogP contribution is -2.54. The van der Waals surface area contributed by atoms with Crippen molar-refractivity contribution in [2.24, 2.45) is 17.0 Å². The van der Waals surface area contributed by atoms with Crippen LogP contribution in [0.1, 0.15) is 32.3 Å². The largest absolute Gasteiger partial charge is 0.494 e. The lowest BCUT2D eigenvalue weighted by atomic mass is 10.0. The summed E-state index contributed by atoms with van der Waals surface area (Å²) in [6, 6.07) is 11.4. The Morgan fingerprint density at radius 1 is 1.02 bits per heavy atom. The minimum Gasteiger partial charge on any atom is -0.494 e. The van der Waals surface area contributed by atoms with Gasteiger partial charge in [-0.05, 0) is 44.9 Å². The maximum absolute atomic E-state index is 11.7. The first-order valence-electron chi connectivity index (χ1n) is 15.6. The second-order valence-corrected chi connectivity index (χ2v) is 11.9. The van der Waals surface area contributed by atoms with Crippen molar-refractivity contribution in [2.75, 3.05) is 68.5 Å². The van der Waals surface area contributed by atoms with Crippen molar-refractivity contribution in [1.82, 2.24) is 19.6 Å². The van der Waals surface area contributed by atoms with Crippen LogP contribution in [-0.2, 0) is 11.8 Å². The van der Waals surface area contributed by atoms with Crippen molar-refractivity contribution in [2.45, 2.75) is 38.8 Å². The molecule has 2 N–H and O–H groups in total. The monoisotopic (exact) mass is 597 g/mol. The Labute approximate surface area is 259 Å². The molecule has 0 bridgehead atoms. The Bertz CT molecular complexity index is 1580. The van der Waals surface area contributed by atoms with E-state index in [0.29, 0.717) is 35.9 Å². The minimum absolute atomic E-state index is 0.472. The molecule has 1 aromatic heterocycles. The van der Waals surface area contributed by atoms with E-state index in [2.05, 4.69) is 67.5 Å². The number of ether oxygens (including phenoxy) is 1. The number of benzene rings is 2. The Morgan fingerprint density at radius 2 is 1.82 bits per heavy atom. The lowest BCUT2D eigenvalue weighted by molar-refractivity contribution is -0.105. The van der Waals surface area contributed by atoms with Crippen molar-refractivity contribution in [1.29, 1.82) is 0 Å². The molecule has 6 rings (SSSR count). The molecule has 2 aromatic carbocycles. The van der Waals surface area contributed by atoms with Crippen LogP contribution in [0.5, 0.6) is 5.75 Å². The SMILES string of the molecule is COc1cc(N2CCC(N3CCN(C(C)C)CC3)CC2)c(NC=O)cc1NC1=CC(c2ccc3c(cnn3C)c2)=NCC=N1. The minimum atomic E-state index is 0.472. The summed E-state index contributed by atoms with van der Waals surface area (Å²) in [6.45, 7) is 11.4. The second kappa shape index (κ2) is 13.2. The molecule has 11 nitrogen and oxygen atoms in total. The number of hydrogen-bond donors (Lipinski definition) is 2. The van der Waals surface area contributed by atoms with Gasteiger partial charge < -0.3 is 20.3 Å². The third-order valence-electron chi connectivity index (χ3n) is 9.08. The number of methoxy groups -OCH3 is 1. The number of piperidine rings is 1. The smallest absolute Gasteiger partial charge is 0.211 e. The van der Waals surface area contributed by atoms with Crippen molar-refractivity contribution < 1.29 is 9.53 Å². The molecule has 0 saturated carbocycles. The molecule has 2 fully saturated rings. The number of aromatic nitrogens is 2. The summed E-state index contributed by atoms with van der Waals surface area (Å²) in [7, 11) is 3.60. The number of amides is 1. The van der Waals surface area contributed by atoms with Crippen LogP contribution in [0.3, 0.4) is 0 Å². The van der Waals surface area contributed by atoms with E-state index in [0.717, 1.165) is 92.1 Å². The molecular formula is C33H43N9O2. The van der Waals surface area contributed by atoms with Crippen molar-refractivity contribution in [3.05, 3.63) is 54.0 Å². The van der Waals surface area contributed by atoms with Gasteiger partial charge in [-0.15, -0.1) is 0 Å². The number of nitrogens with one attached hydrogen (secondary N) is 2. The molecule has 3 aliphatic rings. The van der Waals surface area contributed by atoms with Crippen LogP contribution in [0, 0.1) is 0 Å². The zero-order chi connectivity index (χ0) is 30.6. The average molecular weight is 598 g/mol. The number of rotatable bonds is 9. The van der Waals surface area contributed by atoms with Gasteiger partial charge in [0.05, 0.1) is 48.1 Å². The Hall–Kier alpha value is -4.22. The molecule has 3 aliphatic heterocycles. The molecule has 232 valence electrons. The van der Waals surface area contributed by atoms with Gasteiger partial charge in [0.2, 0.25) is 6.41 Å². The summed E-state index contributed by atoms with van der Waals surface area (Å²) in [5, 5.41) is 11.8. The quantitative estimate of drug-likeness (QED) is 0.360. The number of allylic oxidation sites excluding steroid dienone is 1. The predicted molar refractivity (Wildman–Crippen MR) is 179 cm³/mol. The highest BCUT2D eigenvalue weighted by molar-refractivity contribution is 6.11. The van der Waals surface area contributed by atoms with Gasteiger partial charge in [-0.3, -0.25) is 24.3 Å². The summed E-state index contributed by atoms with van der Waals surface area (Å²) >= 11 is 0. The number of piperazine rings is 1. The van der Waals surface area contributed by atoms with Gasteiger partial charge in [-0.2, -0.15) is 5.10 Å². The summed E-state index contributed by atoms with van der Waals surface area (Å²) in [5.41, 5.74) is 5.30. The number of fused-ring (bicyclic) bond motifs is 1. The highest BCUT2D eigenvalue weighted by Crippen LogP contribution is 2.39. The number of nitrogens with zero attached hydrogens (tertiary/aromatic N) is 7. The predicted octanol–water partition coefficient (Wildman–Crippen LogP) is 3.97. The van der Waals surface area contributed by atoms with Crippen molar-refractivity contribution in [3.8, 4) is 5.75 Å². The van der Waals surface area contributed by atoms with Crippen LogP contribution in [-0.4, -0.2) is 103 Å². The topological polar surface area (TPSA) is 103 Å². The molecule has 44 heavy (non-hydrogen) atoms. The Morgan fingerprint density at radius 3 is 2.55 bits per heavy atom. The number of aliphatic imine (C=N–C) groups is 2. The summed E-state index contributed by atoms with van der Waals surface area (Å²) in [6.07, 6.45) is 8.51. The van der Waals surface area contributed by atoms with Crippen molar-refractivity contribution in [3.63, 3.8) is 0 Å². The van der Waals surface area contributed by atoms with E-state index in [4.69, 9.17) is 9.73 Å². The molecule has 1 amide bonds. The first-order valence-corrected chi connectivity index (χ1v) is 15.6. The summed E-state index contributed by atoms with van der Waals surface area (Å²) < 4.78 is 7.71. The highest BCUT2D eigenvalue weighted by Gasteiger charge is 2.29. The first kappa shape index (κ1) is 29.8. The molecule has 11 heteroatoms. The lowest BCUT2D eigenvalue weighted by Gasteiger charge is -2.44. The van der Waals surface area contributed by atoms with Gasteiger partial charge >= 0.3 is 0 Å². The molecule has 3 aromatic rings. The maximum Gasteiger partial charge on any atom is 0.211 e. The van der Waals surface area contributed by atoms with Gasteiger partial charge in [0.15, 0.2) is 0 Å². The van der Waals surface area contributed by atoms with Gasteiger partial charge in [-0.1, -0.05) is 6.07 Å². The van der Waals surface area contributed by atoms with Crippen LogP contribution in [0.15, 0.2) is 58.4 Å². The van der Waals surface area contributed by atoms with E-state index in [1.807, 2.05) is 36.1 Å². The summed E-state index contributed by atoms with van der Waals surface area (Å²) in [5.74, 6) is 1.31. The third kappa shape index (κ3) is 6.34. The average Bonchev–Trinajstić information content (AvgIpc) is 3.25. The second-order valence-electron chi connectivity index (χ2n) is 11.9. The van der Waals surface area contributed by atoms with Gasteiger partial charge in [0, 0.05) is 87.7 Å². The maximum atomic E-state index is 11.7. The molecule has 0 aliphatic carbocycles. The van der Waals surface area contributed by atoms with E-state index in [1.165, 1.54) is 0 Å². The fourth-order valence-corrected chi connectivity index (χ4v) is 6.56. The number of carbonyl (C=O) groups excluding carboxylic acids is 1. The Balaban J connectivity index is 1.19. The third-order valence-corrected chi connectivity index (χ3v) is 9.08. The number of anilines is 3. The van der Waals surface area contributed by atoms with Gasteiger partial charge in [0.25, 0.3) is 0 Å². The van der Waals surface area contributed by atoms with E-state index in [9.17, 15) is 4.79 Å². The number of hydrogen-bond acceptors (Lipinski definition) is 9. The highest BCUT2D eigenvalue weighted by atomic mass is 16.5. The molecule has 0 radical (unpaired) electrons. The van der Waals surface area contributed by atoms with Crippen LogP contribution < -0.4 is 20.3 Å². The molecule has 0 spiro atoms. The standard InChI is InChI=1S/C33H43N9O2/c1-23(2)40-13-15-41(16-14-40)26-7-11-42(12-8-26)31-20-32(44-4)29(18-28(31)36-22-43)38-33-19-27(34-9-10-35-33)24-5-6-30-25(17-24)21-37-39(30)3/h5-6,10,17-23,26,38H,7-9,11-16H2,1-4H3,(H,36,43).